The van der Waals surface area contributed by atoms with Gasteiger partial charge < -0.3 is 4.74 Å². The minimum Gasteiger partial charge on any atom is -0.489 e. The highest BCUT2D eigenvalue weighted by Crippen LogP contribution is 2.64. The highest BCUT2D eigenvalue weighted by molar-refractivity contribution is 5.55. The molecule has 2 aromatic carbocycles. The number of hydrogen-bond donors (Lipinski definition) is 1. The summed E-state index contributed by atoms with van der Waals surface area (Å²) in [6, 6.07) is 17.6. The summed E-state index contributed by atoms with van der Waals surface area (Å²) >= 11 is 0. The Morgan fingerprint density at radius 2 is 2.00 bits per heavy atom. The number of benzene rings is 2. The Labute approximate surface area is 156 Å². The summed E-state index contributed by atoms with van der Waals surface area (Å²) in [5, 5.41) is 2.10. The van der Waals surface area contributed by atoms with Gasteiger partial charge in [0.05, 0.1) is 0 Å². The summed E-state index contributed by atoms with van der Waals surface area (Å²) in [7, 11) is 0. The Morgan fingerprint density at radius 3 is 2.85 bits per heavy atom. The topological polar surface area (TPSA) is 38.5 Å². The second-order valence-electron chi connectivity index (χ2n) is 8.41. The van der Waals surface area contributed by atoms with E-state index in [1.165, 1.54) is 36.8 Å². The van der Waals surface area contributed by atoms with Crippen LogP contribution in [0.1, 0.15) is 55.2 Å². The zero-order valence-electron chi connectivity index (χ0n) is 15.5. The van der Waals surface area contributed by atoms with Crippen LogP contribution < -0.4 is 10.6 Å². The SMILES string of the molecule is CC1C2CCCCC23c2cc(OCc4ccccc4)ccc2C3CN1N. The highest BCUT2D eigenvalue weighted by atomic mass is 16.5. The molecule has 0 amide bonds. The summed E-state index contributed by atoms with van der Waals surface area (Å²) in [5.74, 6) is 8.66. The Hall–Kier alpha value is -1.84. The molecular weight excluding hydrogens is 320 g/mol. The van der Waals surface area contributed by atoms with Crippen molar-refractivity contribution in [1.29, 1.82) is 0 Å². The van der Waals surface area contributed by atoms with Crippen LogP contribution in [0.5, 0.6) is 5.75 Å². The van der Waals surface area contributed by atoms with Crippen LogP contribution in [-0.4, -0.2) is 17.6 Å². The molecule has 3 aliphatic rings. The Bertz CT molecular complexity index is 805. The molecule has 136 valence electrons. The zero-order chi connectivity index (χ0) is 17.7. The number of rotatable bonds is 3. The third-order valence-electron chi connectivity index (χ3n) is 7.29. The van der Waals surface area contributed by atoms with Gasteiger partial charge in [-0.2, -0.15) is 0 Å². The van der Waals surface area contributed by atoms with Crippen molar-refractivity contribution in [3.63, 3.8) is 0 Å². The van der Waals surface area contributed by atoms with E-state index in [9.17, 15) is 0 Å². The number of hydrazine groups is 1. The maximum atomic E-state index is 6.38. The van der Waals surface area contributed by atoms with Crippen LogP contribution in [-0.2, 0) is 12.0 Å². The number of ether oxygens (including phenoxy) is 1. The second-order valence-corrected chi connectivity index (χ2v) is 8.41. The monoisotopic (exact) mass is 348 g/mol. The molecule has 1 spiro atoms. The molecule has 2 aromatic rings. The van der Waals surface area contributed by atoms with E-state index in [1.54, 1.807) is 5.56 Å². The Kier molecular flexibility index (Phi) is 3.84. The molecule has 0 radical (unpaired) electrons. The standard InChI is InChI=1S/C23H28N2O/c1-16-20-9-5-6-12-23(20)21-13-18(26-15-17-7-3-2-4-8-17)10-11-19(21)22(23)14-25(16)24/h2-4,7-8,10-11,13,16,20,22H,5-6,9,12,14-15,24H2,1H3. The number of nitrogens with two attached hydrogens (primary N) is 1. The van der Waals surface area contributed by atoms with E-state index in [-0.39, 0.29) is 0 Å². The number of hydrogen-bond acceptors (Lipinski definition) is 3. The van der Waals surface area contributed by atoms with Gasteiger partial charge in [0.1, 0.15) is 12.4 Å². The first-order chi connectivity index (χ1) is 12.7. The predicted molar refractivity (Wildman–Crippen MR) is 104 cm³/mol. The number of fused-ring (bicyclic) bond motifs is 2. The van der Waals surface area contributed by atoms with E-state index < -0.39 is 0 Å². The first-order valence-electron chi connectivity index (χ1n) is 10.0. The van der Waals surface area contributed by atoms with Gasteiger partial charge >= 0.3 is 0 Å². The quantitative estimate of drug-likeness (QED) is 0.837. The van der Waals surface area contributed by atoms with Crippen LogP contribution in [0.2, 0.25) is 0 Å². The van der Waals surface area contributed by atoms with E-state index in [4.69, 9.17) is 10.6 Å². The van der Waals surface area contributed by atoms with Crippen molar-refractivity contribution >= 4 is 0 Å². The lowest BCUT2D eigenvalue weighted by atomic mass is 9.44. The van der Waals surface area contributed by atoms with Crippen LogP contribution in [0.3, 0.4) is 0 Å². The predicted octanol–water partition coefficient (Wildman–Crippen LogP) is 4.37. The van der Waals surface area contributed by atoms with Gasteiger partial charge in [-0.05, 0) is 54.5 Å². The molecule has 2 fully saturated rings. The van der Waals surface area contributed by atoms with Gasteiger partial charge in [-0.15, -0.1) is 0 Å². The van der Waals surface area contributed by atoms with Crippen molar-refractivity contribution in [2.75, 3.05) is 6.54 Å². The van der Waals surface area contributed by atoms with Crippen LogP contribution in [0.4, 0.5) is 0 Å². The van der Waals surface area contributed by atoms with Crippen LogP contribution in [0.25, 0.3) is 0 Å². The molecule has 3 heteroatoms. The molecule has 5 rings (SSSR count). The van der Waals surface area contributed by atoms with Crippen molar-refractivity contribution in [3.8, 4) is 5.75 Å². The lowest BCUT2D eigenvalue weighted by Crippen LogP contribution is -2.66. The largest absolute Gasteiger partial charge is 0.489 e. The van der Waals surface area contributed by atoms with Gasteiger partial charge in [0.15, 0.2) is 0 Å². The minimum atomic E-state index is 0.342. The van der Waals surface area contributed by atoms with E-state index in [0.717, 1.165) is 12.3 Å². The lowest BCUT2D eigenvalue weighted by molar-refractivity contribution is -0.0298. The molecule has 3 nitrogen and oxygen atoms in total. The fraction of sp³-hybridized carbons (Fsp3) is 0.478. The zero-order valence-corrected chi connectivity index (χ0v) is 15.5. The minimum absolute atomic E-state index is 0.342. The fourth-order valence-corrected chi connectivity index (χ4v) is 5.99. The molecule has 1 aliphatic heterocycles. The van der Waals surface area contributed by atoms with E-state index >= 15 is 0 Å². The van der Waals surface area contributed by atoms with Crippen molar-refractivity contribution in [1.82, 2.24) is 5.01 Å². The molecule has 1 saturated carbocycles. The van der Waals surface area contributed by atoms with Crippen LogP contribution in [0.15, 0.2) is 48.5 Å². The molecule has 1 heterocycles. The normalized spacial score (nSPS) is 32.8. The van der Waals surface area contributed by atoms with E-state index in [2.05, 4.69) is 54.4 Å². The Morgan fingerprint density at radius 1 is 1.15 bits per heavy atom. The van der Waals surface area contributed by atoms with Crippen molar-refractivity contribution in [2.24, 2.45) is 11.8 Å². The third-order valence-corrected chi connectivity index (χ3v) is 7.29. The average Bonchev–Trinajstić information content (AvgIpc) is 2.70. The first-order valence-corrected chi connectivity index (χ1v) is 10.0. The van der Waals surface area contributed by atoms with E-state index in [0.29, 0.717) is 29.9 Å². The molecule has 2 aliphatic carbocycles. The smallest absolute Gasteiger partial charge is 0.120 e. The van der Waals surface area contributed by atoms with E-state index in [1.807, 2.05) is 6.07 Å². The number of nitrogens with zero attached hydrogens (tertiary/aromatic N) is 1. The summed E-state index contributed by atoms with van der Waals surface area (Å²) in [4.78, 5) is 0. The fourth-order valence-electron chi connectivity index (χ4n) is 5.99. The highest BCUT2D eigenvalue weighted by Gasteiger charge is 2.61. The van der Waals surface area contributed by atoms with Gasteiger partial charge in [0.25, 0.3) is 0 Å². The van der Waals surface area contributed by atoms with Crippen molar-refractivity contribution < 1.29 is 4.74 Å². The molecule has 0 aromatic heterocycles. The molecule has 0 bridgehead atoms. The van der Waals surface area contributed by atoms with Gasteiger partial charge in [0, 0.05) is 23.9 Å². The molecule has 1 saturated heterocycles. The lowest BCUT2D eigenvalue weighted by Gasteiger charge is -2.64. The van der Waals surface area contributed by atoms with Crippen LogP contribution in [0, 0.1) is 5.92 Å². The molecule has 26 heavy (non-hydrogen) atoms. The van der Waals surface area contributed by atoms with Gasteiger partial charge in [-0.25, -0.2) is 5.01 Å². The van der Waals surface area contributed by atoms with Gasteiger partial charge in [-0.3, -0.25) is 5.84 Å². The number of piperidine rings is 1. The summed E-state index contributed by atoms with van der Waals surface area (Å²) in [6.45, 7) is 3.95. The summed E-state index contributed by atoms with van der Waals surface area (Å²) in [6.07, 6.45) is 5.31. The molecule has 2 N–H and O–H groups in total. The maximum Gasteiger partial charge on any atom is 0.120 e. The average molecular weight is 348 g/mol. The van der Waals surface area contributed by atoms with Gasteiger partial charge in [-0.1, -0.05) is 49.2 Å². The van der Waals surface area contributed by atoms with Crippen molar-refractivity contribution in [3.05, 3.63) is 65.2 Å². The van der Waals surface area contributed by atoms with Gasteiger partial charge in [0.2, 0.25) is 0 Å². The Balaban J connectivity index is 1.45. The third kappa shape index (κ3) is 2.27. The maximum absolute atomic E-state index is 6.38. The molecule has 4 unspecified atom stereocenters. The van der Waals surface area contributed by atoms with Crippen molar-refractivity contribution in [2.45, 2.75) is 56.6 Å². The molecule has 4 atom stereocenters. The molecular formula is C23H28N2O. The summed E-state index contributed by atoms with van der Waals surface area (Å²) in [5.41, 5.74) is 4.62. The first kappa shape index (κ1) is 16.3. The second kappa shape index (κ2) is 6.11. The summed E-state index contributed by atoms with van der Waals surface area (Å²) < 4.78 is 6.13. The van der Waals surface area contributed by atoms with Crippen LogP contribution >= 0.6 is 0 Å².